The summed E-state index contributed by atoms with van der Waals surface area (Å²) in [7, 11) is 0. The van der Waals surface area contributed by atoms with Crippen molar-refractivity contribution in [2.45, 2.75) is 45.8 Å². The lowest BCUT2D eigenvalue weighted by molar-refractivity contribution is -0.129. The smallest absolute Gasteiger partial charge is 0.407 e. The molecule has 0 saturated heterocycles. The fourth-order valence-electron chi connectivity index (χ4n) is 2.15. The van der Waals surface area contributed by atoms with Crippen LogP contribution in [0.1, 0.15) is 38.3 Å². The predicted molar refractivity (Wildman–Crippen MR) is 106 cm³/mol. The minimum Gasteiger partial charge on any atom is -0.463 e. The SMILES string of the molecule is CC(C)(C)OC(=O)NCCCc1ccccc1.O=COCc1ccccc1. The molecule has 1 amide bonds. The maximum absolute atomic E-state index is 11.3. The van der Waals surface area contributed by atoms with Gasteiger partial charge in [0.2, 0.25) is 0 Å². The second-order valence-electron chi connectivity index (χ2n) is 6.91. The highest BCUT2D eigenvalue weighted by Gasteiger charge is 2.15. The maximum atomic E-state index is 11.3. The van der Waals surface area contributed by atoms with Gasteiger partial charge in [-0.15, -0.1) is 0 Å². The van der Waals surface area contributed by atoms with Gasteiger partial charge in [0.05, 0.1) is 0 Å². The van der Waals surface area contributed by atoms with Crippen molar-refractivity contribution >= 4 is 12.6 Å². The van der Waals surface area contributed by atoms with E-state index in [0.717, 1.165) is 18.4 Å². The Morgan fingerprint density at radius 2 is 1.52 bits per heavy atom. The molecule has 2 aromatic carbocycles. The van der Waals surface area contributed by atoms with E-state index >= 15 is 0 Å². The minimum atomic E-state index is -0.427. The van der Waals surface area contributed by atoms with Gasteiger partial charge in [-0.2, -0.15) is 0 Å². The summed E-state index contributed by atoms with van der Waals surface area (Å²) < 4.78 is 9.68. The number of amides is 1. The molecule has 2 aromatic rings. The predicted octanol–water partition coefficient (Wildman–Crippen LogP) is 4.50. The number of carbonyl (C=O) groups is 2. The summed E-state index contributed by atoms with van der Waals surface area (Å²) in [6.45, 7) is 7.03. The Labute approximate surface area is 161 Å². The van der Waals surface area contributed by atoms with E-state index in [2.05, 4.69) is 22.2 Å². The van der Waals surface area contributed by atoms with Crippen LogP contribution >= 0.6 is 0 Å². The number of aryl methyl sites for hydroxylation is 1. The van der Waals surface area contributed by atoms with Crippen LogP contribution in [-0.2, 0) is 27.3 Å². The first kappa shape index (κ1) is 22.2. The number of alkyl carbamates (subject to hydrolysis) is 1. The molecule has 5 heteroatoms. The first-order valence-corrected chi connectivity index (χ1v) is 9.00. The molecule has 0 radical (unpaired) electrons. The third-order valence-corrected chi connectivity index (χ3v) is 3.31. The third kappa shape index (κ3) is 12.2. The third-order valence-electron chi connectivity index (χ3n) is 3.31. The fraction of sp³-hybridized carbons (Fsp3) is 0.364. The second-order valence-corrected chi connectivity index (χ2v) is 6.91. The summed E-state index contributed by atoms with van der Waals surface area (Å²) >= 11 is 0. The zero-order valence-corrected chi connectivity index (χ0v) is 16.3. The average molecular weight is 371 g/mol. The molecule has 0 aliphatic carbocycles. The molecular formula is C22H29NO4. The Bertz CT molecular complexity index is 651. The number of carbonyl (C=O) groups excluding carboxylic acids is 2. The van der Waals surface area contributed by atoms with Crippen LogP contribution in [0.4, 0.5) is 4.79 Å². The summed E-state index contributed by atoms with van der Waals surface area (Å²) in [6.07, 6.45) is 1.55. The van der Waals surface area contributed by atoms with Crippen molar-refractivity contribution in [3.05, 3.63) is 71.8 Å². The number of hydrogen-bond acceptors (Lipinski definition) is 4. The van der Waals surface area contributed by atoms with Gasteiger partial charge in [-0.25, -0.2) is 4.79 Å². The van der Waals surface area contributed by atoms with Crippen LogP contribution in [0.2, 0.25) is 0 Å². The van der Waals surface area contributed by atoms with Crippen LogP contribution < -0.4 is 5.32 Å². The summed E-state index contributed by atoms with van der Waals surface area (Å²) in [5.74, 6) is 0. The molecule has 5 nitrogen and oxygen atoms in total. The molecule has 0 fully saturated rings. The van der Waals surface area contributed by atoms with Gasteiger partial charge in [-0.05, 0) is 44.7 Å². The van der Waals surface area contributed by atoms with Crippen LogP contribution in [0.3, 0.4) is 0 Å². The molecule has 0 aromatic heterocycles. The van der Waals surface area contributed by atoms with Crippen LogP contribution in [-0.4, -0.2) is 24.7 Å². The van der Waals surface area contributed by atoms with Gasteiger partial charge in [0.15, 0.2) is 0 Å². The quantitative estimate of drug-likeness (QED) is 0.575. The first-order chi connectivity index (χ1) is 12.9. The van der Waals surface area contributed by atoms with Crippen molar-refractivity contribution in [2.24, 2.45) is 0 Å². The number of nitrogens with one attached hydrogen (secondary N) is 1. The Kier molecular flexibility index (Phi) is 10.3. The molecule has 1 N–H and O–H groups in total. The number of ether oxygens (including phenoxy) is 2. The largest absolute Gasteiger partial charge is 0.463 e. The molecule has 27 heavy (non-hydrogen) atoms. The lowest BCUT2D eigenvalue weighted by Gasteiger charge is -2.19. The van der Waals surface area contributed by atoms with Crippen LogP contribution in [0.5, 0.6) is 0 Å². The molecule has 146 valence electrons. The lowest BCUT2D eigenvalue weighted by Crippen LogP contribution is -2.33. The summed E-state index contributed by atoms with van der Waals surface area (Å²) in [5, 5.41) is 2.75. The van der Waals surface area contributed by atoms with E-state index < -0.39 is 5.60 Å². The molecule has 2 rings (SSSR count). The van der Waals surface area contributed by atoms with Gasteiger partial charge < -0.3 is 14.8 Å². The molecule has 0 unspecified atom stereocenters. The van der Waals surface area contributed by atoms with Crippen molar-refractivity contribution in [1.82, 2.24) is 5.32 Å². The summed E-state index contributed by atoms with van der Waals surface area (Å²) in [4.78, 5) is 21.1. The fourth-order valence-corrected chi connectivity index (χ4v) is 2.15. The van der Waals surface area contributed by atoms with Gasteiger partial charge in [0.1, 0.15) is 12.2 Å². The second kappa shape index (κ2) is 12.5. The average Bonchev–Trinajstić information content (AvgIpc) is 2.64. The molecule has 0 heterocycles. The molecule has 0 bridgehead atoms. The van der Waals surface area contributed by atoms with Crippen molar-refractivity contribution in [2.75, 3.05) is 6.54 Å². The van der Waals surface area contributed by atoms with E-state index in [1.54, 1.807) is 0 Å². The Morgan fingerprint density at radius 3 is 2.04 bits per heavy atom. The van der Waals surface area contributed by atoms with Crippen molar-refractivity contribution in [3.8, 4) is 0 Å². The highest BCUT2D eigenvalue weighted by Crippen LogP contribution is 2.06. The normalized spacial score (nSPS) is 10.2. The number of hydrogen-bond donors (Lipinski definition) is 1. The molecule has 0 spiro atoms. The highest BCUT2D eigenvalue weighted by molar-refractivity contribution is 5.67. The van der Waals surface area contributed by atoms with E-state index in [0.29, 0.717) is 19.6 Å². The minimum absolute atomic E-state index is 0.342. The first-order valence-electron chi connectivity index (χ1n) is 9.00. The van der Waals surface area contributed by atoms with Gasteiger partial charge in [0, 0.05) is 6.54 Å². The molecule has 0 saturated carbocycles. The highest BCUT2D eigenvalue weighted by atomic mass is 16.6. The lowest BCUT2D eigenvalue weighted by atomic mass is 10.1. The Morgan fingerprint density at radius 1 is 0.963 bits per heavy atom. The van der Waals surface area contributed by atoms with Crippen LogP contribution in [0, 0.1) is 0 Å². The van der Waals surface area contributed by atoms with E-state index in [4.69, 9.17) is 4.74 Å². The van der Waals surface area contributed by atoms with E-state index in [-0.39, 0.29) is 6.09 Å². The Hall–Kier alpha value is -2.82. The molecule has 0 aliphatic rings. The van der Waals surface area contributed by atoms with Crippen LogP contribution in [0.15, 0.2) is 60.7 Å². The summed E-state index contributed by atoms with van der Waals surface area (Å²) in [6, 6.07) is 19.8. The van der Waals surface area contributed by atoms with Crippen molar-refractivity contribution in [1.29, 1.82) is 0 Å². The monoisotopic (exact) mass is 371 g/mol. The topological polar surface area (TPSA) is 64.6 Å². The van der Waals surface area contributed by atoms with E-state index in [1.165, 1.54) is 5.56 Å². The standard InChI is InChI=1S/C14H21NO2.C8H8O2/c1-14(2,3)17-13(16)15-11-7-10-12-8-5-4-6-9-12;9-7-10-6-8-4-2-1-3-5-8/h4-6,8-9H,7,10-11H2,1-3H3,(H,15,16);1-5,7H,6H2. The molecule has 0 atom stereocenters. The van der Waals surface area contributed by atoms with Gasteiger partial charge >= 0.3 is 6.09 Å². The van der Waals surface area contributed by atoms with Gasteiger partial charge in [0.25, 0.3) is 6.47 Å². The summed E-state index contributed by atoms with van der Waals surface area (Å²) in [5.41, 5.74) is 1.87. The maximum Gasteiger partial charge on any atom is 0.407 e. The van der Waals surface area contributed by atoms with Gasteiger partial charge in [-0.1, -0.05) is 60.7 Å². The number of benzene rings is 2. The molecule has 0 aliphatic heterocycles. The van der Waals surface area contributed by atoms with Crippen LogP contribution in [0.25, 0.3) is 0 Å². The number of rotatable bonds is 7. The van der Waals surface area contributed by atoms with Crippen molar-refractivity contribution < 1.29 is 19.1 Å². The molecular weight excluding hydrogens is 342 g/mol. The zero-order chi connectivity index (χ0) is 20.0. The zero-order valence-electron chi connectivity index (χ0n) is 16.3. The Balaban J connectivity index is 0.000000309. The van der Waals surface area contributed by atoms with E-state index in [9.17, 15) is 9.59 Å². The van der Waals surface area contributed by atoms with E-state index in [1.807, 2.05) is 69.3 Å². The van der Waals surface area contributed by atoms with Gasteiger partial charge in [-0.3, -0.25) is 4.79 Å². The van der Waals surface area contributed by atoms with Crippen molar-refractivity contribution in [3.63, 3.8) is 0 Å².